The molecule has 1 unspecified atom stereocenters. The van der Waals surface area contributed by atoms with Gasteiger partial charge in [0.1, 0.15) is 11.6 Å². The Morgan fingerprint density at radius 1 is 1.29 bits per heavy atom. The number of carbonyl (C=O) groups excluding carboxylic acids is 1. The van der Waals surface area contributed by atoms with Gasteiger partial charge < -0.3 is 14.3 Å². The van der Waals surface area contributed by atoms with E-state index in [0.717, 1.165) is 43.0 Å². The summed E-state index contributed by atoms with van der Waals surface area (Å²) in [6.45, 7) is 0.711. The smallest absolute Gasteiger partial charge is 0.276 e. The van der Waals surface area contributed by atoms with Gasteiger partial charge in [-0.25, -0.2) is 4.98 Å². The highest BCUT2D eigenvalue weighted by atomic mass is 16.5. The van der Waals surface area contributed by atoms with Crippen LogP contribution in [0.5, 0.6) is 0 Å². The second-order valence-electron chi connectivity index (χ2n) is 6.74. The molecule has 1 saturated heterocycles. The van der Waals surface area contributed by atoms with Crippen LogP contribution < -0.4 is 4.90 Å². The van der Waals surface area contributed by atoms with Crippen LogP contribution in [0.4, 0.5) is 5.82 Å². The number of likely N-dealkylation sites (tertiary alicyclic amines) is 1. The summed E-state index contributed by atoms with van der Waals surface area (Å²) in [6, 6.07) is 1.75. The predicted octanol–water partition coefficient (Wildman–Crippen LogP) is 2.39. The van der Waals surface area contributed by atoms with Crippen LogP contribution in [-0.4, -0.2) is 46.6 Å². The second kappa shape index (κ2) is 5.89. The van der Waals surface area contributed by atoms with Crippen molar-refractivity contribution < 1.29 is 9.32 Å². The summed E-state index contributed by atoms with van der Waals surface area (Å²) in [4.78, 5) is 25.5. The largest absolute Gasteiger partial charge is 0.361 e. The van der Waals surface area contributed by atoms with Crippen molar-refractivity contribution >= 4 is 11.7 Å². The number of nitrogens with zero attached hydrogens (tertiary/aromatic N) is 5. The Labute approximate surface area is 140 Å². The van der Waals surface area contributed by atoms with E-state index in [1.54, 1.807) is 18.5 Å². The van der Waals surface area contributed by atoms with Crippen LogP contribution in [0.1, 0.15) is 59.6 Å². The van der Waals surface area contributed by atoms with E-state index >= 15 is 0 Å². The lowest BCUT2D eigenvalue weighted by Crippen LogP contribution is -2.31. The summed E-state index contributed by atoms with van der Waals surface area (Å²) in [6.07, 6.45) is 7.58. The van der Waals surface area contributed by atoms with E-state index in [4.69, 9.17) is 4.52 Å². The monoisotopic (exact) mass is 327 g/mol. The van der Waals surface area contributed by atoms with Crippen molar-refractivity contribution in [3.05, 3.63) is 35.6 Å². The highest BCUT2D eigenvalue weighted by Gasteiger charge is 2.35. The lowest BCUT2D eigenvalue weighted by atomic mass is 10.1. The van der Waals surface area contributed by atoms with Crippen LogP contribution in [0.3, 0.4) is 0 Å². The Hall–Kier alpha value is -2.44. The molecule has 4 rings (SSSR count). The molecule has 2 aromatic rings. The fraction of sp³-hybridized carbons (Fsp3) is 0.529. The minimum Gasteiger partial charge on any atom is -0.361 e. The van der Waals surface area contributed by atoms with Gasteiger partial charge in [-0.15, -0.1) is 0 Å². The molecule has 1 atom stereocenters. The van der Waals surface area contributed by atoms with Crippen LogP contribution >= 0.6 is 0 Å². The van der Waals surface area contributed by atoms with E-state index < -0.39 is 0 Å². The van der Waals surface area contributed by atoms with Gasteiger partial charge >= 0.3 is 0 Å². The van der Waals surface area contributed by atoms with E-state index in [1.807, 2.05) is 23.9 Å². The number of aromatic nitrogens is 3. The molecule has 0 spiro atoms. The van der Waals surface area contributed by atoms with Gasteiger partial charge in [-0.3, -0.25) is 9.78 Å². The molecule has 0 bridgehead atoms. The van der Waals surface area contributed by atoms with E-state index in [0.29, 0.717) is 18.2 Å². The maximum absolute atomic E-state index is 12.9. The summed E-state index contributed by atoms with van der Waals surface area (Å²) in [7, 11) is 3.86. The fourth-order valence-corrected chi connectivity index (χ4v) is 3.16. The summed E-state index contributed by atoms with van der Waals surface area (Å²) in [5.74, 6) is 2.01. The zero-order chi connectivity index (χ0) is 16.7. The molecule has 0 N–H and O–H groups in total. The molecule has 0 aromatic carbocycles. The van der Waals surface area contributed by atoms with Gasteiger partial charge in [-0.2, -0.15) is 0 Å². The number of rotatable bonds is 4. The van der Waals surface area contributed by atoms with Crippen LogP contribution in [-0.2, 0) is 0 Å². The molecule has 7 heteroatoms. The third kappa shape index (κ3) is 2.74. The van der Waals surface area contributed by atoms with E-state index in [1.165, 1.54) is 0 Å². The quantitative estimate of drug-likeness (QED) is 0.858. The number of amides is 1. The van der Waals surface area contributed by atoms with Gasteiger partial charge in [0.2, 0.25) is 0 Å². The molecule has 2 aromatic heterocycles. The lowest BCUT2D eigenvalue weighted by molar-refractivity contribution is 0.0722. The third-order valence-corrected chi connectivity index (χ3v) is 4.68. The Bertz CT molecular complexity index is 753. The molecular weight excluding hydrogens is 306 g/mol. The molecule has 1 saturated carbocycles. The molecule has 1 aliphatic carbocycles. The minimum absolute atomic E-state index is 0.0500. The molecule has 2 aliphatic rings. The summed E-state index contributed by atoms with van der Waals surface area (Å²) in [5.41, 5.74) is 1.23. The minimum atomic E-state index is -0.0785. The van der Waals surface area contributed by atoms with Crippen molar-refractivity contribution in [2.24, 2.45) is 0 Å². The molecule has 1 aliphatic heterocycles. The van der Waals surface area contributed by atoms with Crippen LogP contribution in [0.25, 0.3) is 0 Å². The van der Waals surface area contributed by atoms with Gasteiger partial charge in [0.25, 0.3) is 5.91 Å². The Balaban J connectivity index is 1.57. The van der Waals surface area contributed by atoms with Crippen molar-refractivity contribution in [3.8, 4) is 0 Å². The van der Waals surface area contributed by atoms with Crippen molar-refractivity contribution in [2.45, 2.75) is 37.6 Å². The molecule has 7 nitrogen and oxygen atoms in total. The van der Waals surface area contributed by atoms with Gasteiger partial charge in [0.05, 0.1) is 24.1 Å². The van der Waals surface area contributed by atoms with Crippen molar-refractivity contribution in [1.82, 2.24) is 20.0 Å². The molecular formula is C17H21N5O2. The highest BCUT2D eigenvalue weighted by molar-refractivity contribution is 5.92. The first kappa shape index (κ1) is 15.1. The average Bonchev–Trinajstić information content (AvgIpc) is 3.13. The zero-order valence-corrected chi connectivity index (χ0v) is 14.0. The van der Waals surface area contributed by atoms with Crippen LogP contribution in [0, 0.1) is 0 Å². The number of hydrogen-bond acceptors (Lipinski definition) is 6. The predicted molar refractivity (Wildman–Crippen MR) is 87.8 cm³/mol. The maximum Gasteiger partial charge on any atom is 0.276 e. The SMILES string of the molecule is CN(C)c1cncc(C2CCCN2C(=O)c2cc(C3CC3)on2)n1. The maximum atomic E-state index is 12.9. The number of carbonyl (C=O) groups is 1. The normalized spacial score (nSPS) is 20.4. The lowest BCUT2D eigenvalue weighted by Gasteiger charge is -2.24. The first-order valence-corrected chi connectivity index (χ1v) is 8.40. The van der Waals surface area contributed by atoms with E-state index in [-0.39, 0.29) is 11.9 Å². The average molecular weight is 327 g/mol. The molecule has 2 fully saturated rings. The second-order valence-corrected chi connectivity index (χ2v) is 6.74. The Morgan fingerprint density at radius 3 is 2.88 bits per heavy atom. The van der Waals surface area contributed by atoms with Gasteiger partial charge in [0.15, 0.2) is 5.69 Å². The summed E-state index contributed by atoms with van der Waals surface area (Å²) < 4.78 is 5.33. The number of anilines is 1. The van der Waals surface area contributed by atoms with Crippen molar-refractivity contribution in [3.63, 3.8) is 0 Å². The van der Waals surface area contributed by atoms with Gasteiger partial charge in [0, 0.05) is 32.6 Å². The molecule has 24 heavy (non-hydrogen) atoms. The molecule has 126 valence electrons. The molecule has 1 amide bonds. The topological polar surface area (TPSA) is 75.4 Å². The van der Waals surface area contributed by atoms with E-state index in [9.17, 15) is 4.79 Å². The van der Waals surface area contributed by atoms with Gasteiger partial charge in [-0.1, -0.05) is 5.16 Å². The summed E-state index contributed by atoms with van der Waals surface area (Å²) >= 11 is 0. The summed E-state index contributed by atoms with van der Waals surface area (Å²) in [5, 5.41) is 3.99. The molecule has 3 heterocycles. The first-order valence-electron chi connectivity index (χ1n) is 8.40. The number of hydrogen-bond donors (Lipinski definition) is 0. The fourth-order valence-electron chi connectivity index (χ4n) is 3.16. The van der Waals surface area contributed by atoms with Crippen molar-refractivity contribution in [2.75, 3.05) is 25.5 Å². The van der Waals surface area contributed by atoms with Crippen LogP contribution in [0.15, 0.2) is 23.0 Å². The highest BCUT2D eigenvalue weighted by Crippen LogP contribution is 2.40. The standard InChI is InChI=1S/C17H21N5O2/c1-21(2)16-10-18-9-13(19-16)14-4-3-7-22(14)17(23)12-8-15(24-20-12)11-5-6-11/h8-11,14H,3-7H2,1-2H3. The van der Waals surface area contributed by atoms with E-state index in [2.05, 4.69) is 15.1 Å². The van der Waals surface area contributed by atoms with Crippen molar-refractivity contribution in [1.29, 1.82) is 0 Å². The van der Waals surface area contributed by atoms with Crippen LogP contribution in [0.2, 0.25) is 0 Å². The third-order valence-electron chi connectivity index (χ3n) is 4.68. The first-order chi connectivity index (χ1) is 11.6. The zero-order valence-electron chi connectivity index (χ0n) is 14.0. The van der Waals surface area contributed by atoms with Gasteiger partial charge in [-0.05, 0) is 25.7 Å². The Kier molecular flexibility index (Phi) is 3.70. The molecule has 0 radical (unpaired) electrons. The Morgan fingerprint density at radius 2 is 2.12 bits per heavy atom.